The van der Waals surface area contributed by atoms with Gasteiger partial charge >= 0.3 is 0 Å². The molecule has 3 heterocycles. The van der Waals surface area contributed by atoms with Crippen molar-refractivity contribution in [1.82, 2.24) is 19.9 Å². The van der Waals surface area contributed by atoms with Crippen LogP contribution in [0, 0.1) is 5.82 Å². The lowest BCUT2D eigenvalue weighted by Crippen LogP contribution is -2.44. The molecule has 9 heteroatoms. The highest BCUT2D eigenvalue weighted by atomic mass is 32.1. The third-order valence-corrected chi connectivity index (χ3v) is 5.23. The highest BCUT2D eigenvalue weighted by molar-refractivity contribution is 7.14. The van der Waals surface area contributed by atoms with Crippen molar-refractivity contribution in [2.24, 2.45) is 0 Å². The summed E-state index contributed by atoms with van der Waals surface area (Å²) in [5, 5.41) is 5.04. The molecule has 1 saturated heterocycles. The average Bonchev–Trinajstić information content (AvgIpc) is 3.24. The number of imidazole rings is 1. The summed E-state index contributed by atoms with van der Waals surface area (Å²) in [4.78, 5) is 25.9. The molecule has 3 aromatic rings. The fourth-order valence-electron chi connectivity index (χ4n) is 3.39. The van der Waals surface area contributed by atoms with Crippen LogP contribution in [0.25, 0.3) is 11.0 Å². The van der Waals surface area contributed by atoms with E-state index in [-0.39, 0.29) is 23.3 Å². The third kappa shape index (κ3) is 3.85. The Labute approximate surface area is 159 Å². The van der Waals surface area contributed by atoms with Gasteiger partial charge in [0.2, 0.25) is 0 Å². The number of rotatable bonds is 4. The molecule has 0 radical (unpaired) electrons. The second-order valence-electron chi connectivity index (χ2n) is 6.78. The number of nitrogens with zero attached hydrogens (tertiary/aromatic N) is 3. The van der Waals surface area contributed by atoms with Gasteiger partial charge in [-0.1, -0.05) is 0 Å². The van der Waals surface area contributed by atoms with E-state index in [1.54, 1.807) is 6.07 Å². The van der Waals surface area contributed by atoms with E-state index >= 15 is 0 Å². The molecule has 1 aromatic carbocycles. The van der Waals surface area contributed by atoms with Crippen LogP contribution < -0.4 is 5.32 Å². The minimum Gasteiger partial charge on any atom is -0.373 e. The molecule has 0 bridgehead atoms. The Balaban J connectivity index is 1.44. The maximum atomic E-state index is 14.5. The Morgan fingerprint density at radius 2 is 2.19 bits per heavy atom. The zero-order chi connectivity index (χ0) is 19.0. The fraction of sp³-hybridized carbons (Fsp3) is 0.389. The predicted molar refractivity (Wildman–Crippen MR) is 101 cm³/mol. The minimum atomic E-state index is -0.640. The van der Waals surface area contributed by atoms with Crippen LogP contribution in [0.15, 0.2) is 23.8 Å². The Hall–Kier alpha value is -2.36. The molecule has 1 fully saturated rings. The van der Waals surface area contributed by atoms with E-state index < -0.39 is 11.7 Å². The summed E-state index contributed by atoms with van der Waals surface area (Å²) >= 11 is 1.33. The molecule has 2 aromatic heterocycles. The zero-order valence-corrected chi connectivity index (χ0v) is 15.8. The second-order valence-corrected chi connectivity index (χ2v) is 7.63. The number of ether oxygens (including phenoxy) is 1. The van der Waals surface area contributed by atoms with E-state index in [0.29, 0.717) is 17.2 Å². The highest BCUT2D eigenvalue weighted by Gasteiger charge is 2.23. The maximum absolute atomic E-state index is 14.5. The van der Waals surface area contributed by atoms with Crippen molar-refractivity contribution in [1.29, 1.82) is 0 Å². The van der Waals surface area contributed by atoms with Crippen LogP contribution in [0.3, 0.4) is 0 Å². The quantitative estimate of drug-likeness (QED) is 0.717. The van der Waals surface area contributed by atoms with Crippen molar-refractivity contribution in [3.8, 4) is 0 Å². The van der Waals surface area contributed by atoms with Crippen LogP contribution in [0.1, 0.15) is 29.9 Å². The van der Waals surface area contributed by atoms with Gasteiger partial charge in [0.25, 0.3) is 5.91 Å². The first-order valence-electron chi connectivity index (χ1n) is 8.74. The van der Waals surface area contributed by atoms with Gasteiger partial charge in [-0.3, -0.25) is 15.0 Å². The van der Waals surface area contributed by atoms with Gasteiger partial charge in [-0.25, -0.2) is 14.4 Å². The molecule has 27 heavy (non-hydrogen) atoms. The number of halogens is 1. The van der Waals surface area contributed by atoms with E-state index in [9.17, 15) is 9.18 Å². The number of hydrogen-bond donors (Lipinski definition) is 2. The van der Waals surface area contributed by atoms with E-state index in [1.165, 1.54) is 23.7 Å². The lowest BCUT2D eigenvalue weighted by molar-refractivity contribution is -0.0707. The van der Waals surface area contributed by atoms with Crippen LogP contribution >= 0.6 is 11.3 Å². The number of benzene rings is 1. The largest absolute Gasteiger partial charge is 0.373 e. The summed E-state index contributed by atoms with van der Waals surface area (Å²) in [6.45, 7) is 6.50. The topological polar surface area (TPSA) is 83.1 Å². The number of morpholine rings is 1. The summed E-state index contributed by atoms with van der Waals surface area (Å²) in [7, 11) is 0. The van der Waals surface area contributed by atoms with Gasteiger partial charge in [-0.2, -0.15) is 0 Å². The molecule has 1 amide bonds. The number of amides is 1. The predicted octanol–water partition coefficient (Wildman–Crippen LogP) is 3.02. The van der Waals surface area contributed by atoms with Gasteiger partial charge < -0.3 is 9.72 Å². The molecule has 2 N–H and O–H groups in total. The molecule has 2 unspecified atom stereocenters. The lowest BCUT2D eigenvalue weighted by Gasteiger charge is -2.34. The molecule has 1 aliphatic heterocycles. The Morgan fingerprint density at radius 3 is 2.96 bits per heavy atom. The summed E-state index contributed by atoms with van der Waals surface area (Å²) in [5.74, 6) is -1.17. The second kappa shape index (κ2) is 7.34. The minimum absolute atomic E-state index is 0.0535. The first kappa shape index (κ1) is 18.0. The van der Waals surface area contributed by atoms with E-state index in [4.69, 9.17) is 4.74 Å². The summed E-state index contributed by atoms with van der Waals surface area (Å²) < 4.78 is 20.2. The third-order valence-electron chi connectivity index (χ3n) is 4.43. The number of carbonyl (C=O) groups excluding carboxylic acids is 1. The van der Waals surface area contributed by atoms with Gasteiger partial charge in [0.05, 0.1) is 35.3 Å². The van der Waals surface area contributed by atoms with Gasteiger partial charge in [-0.15, -0.1) is 11.3 Å². The van der Waals surface area contributed by atoms with Crippen LogP contribution in [0.4, 0.5) is 9.52 Å². The van der Waals surface area contributed by atoms with Crippen LogP contribution in [-0.4, -0.2) is 51.1 Å². The normalized spacial score (nSPS) is 20.9. The van der Waals surface area contributed by atoms with Crippen molar-refractivity contribution in [2.75, 3.05) is 18.4 Å². The Morgan fingerprint density at radius 1 is 1.41 bits per heavy atom. The molecular formula is C18H20FN5O2S. The van der Waals surface area contributed by atoms with Crippen molar-refractivity contribution >= 4 is 33.4 Å². The first-order chi connectivity index (χ1) is 13.0. The molecular weight excluding hydrogens is 369 g/mol. The summed E-state index contributed by atoms with van der Waals surface area (Å²) in [5.41, 5.74) is 1.52. The number of thiazole rings is 1. The van der Waals surface area contributed by atoms with Gasteiger partial charge in [-0.05, 0) is 26.0 Å². The van der Waals surface area contributed by atoms with E-state index in [1.807, 2.05) is 5.38 Å². The number of aromatic nitrogens is 3. The molecule has 0 aliphatic carbocycles. The van der Waals surface area contributed by atoms with Crippen molar-refractivity contribution < 1.29 is 13.9 Å². The molecule has 142 valence electrons. The first-order valence-corrected chi connectivity index (χ1v) is 9.62. The highest BCUT2D eigenvalue weighted by Crippen LogP contribution is 2.22. The number of H-pyrrole nitrogens is 1. The van der Waals surface area contributed by atoms with Crippen LogP contribution in [0.5, 0.6) is 0 Å². The molecule has 4 rings (SSSR count). The number of anilines is 1. The van der Waals surface area contributed by atoms with Crippen LogP contribution in [0.2, 0.25) is 0 Å². The van der Waals surface area contributed by atoms with Crippen LogP contribution in [-0.2, 0) is 11.3 Å². The number of aromatic amines is 1. The SMILES string of the molecule is CC1CN(Cc2csc(NC(=O)c3ccc4[nH]cnc4c3F)n2)CC(C)O1. The molecule has 2 atom stereocenters. The van der Waals surface area contributed by atoms with Crippen molar-refractivity contribution in [2.45, 2.75) is 32.6 Å². The number of fused-ring (bicyclic) bond motifs is 1. The van der Waals surface area contributed by atoms with Crippen molar-refractivity contribution in [3.63, 3.8) is 0 Å². The maximum Gasteiger partial charge on any atom is 0.260 e. The standard InChI is InChI=1S/C18H20FN5O2S/c1-10-5-24(6-11(2)26-10)7-12-8-27-18(22-12)23-17(25)13-3-4-14-16(15(13)19)21-9-20-14/h3-4,8-11H,5-7H2,1-2H3,(H,20,21)(H,22,23,25). The Bertz CT molecular complexity index is 962. The molecule has 0 spiro atoms. The zero-order valence-electron chi connectivity index (χ0n) is 15.0. The molecule has 1 aliphatic rings. The monoisotopic (exact) mass is 389 g/mol. The van der Waals surface area contributed by atoms with Gasteiger partial charge in [0, 0.05) is 25.0 Å². The van der Waals surface area contributed by atoms with E-state index in [0.717, 1.165) is 18.8 Å². The average molecular weight is 389 g/mol. The smallest absolute Gasteiger partial charge is 0.260 e. The number of carbonyl (C=O) groups is 1. The van der Waals surface area contributed by atoms with E-state index in [2.05, 4.69) is 39.0 Å². The van der Waals surface area contributed by atoms with Gasteiger partial charge in [0.1, 0.15) is 5.52 Å². The van der Waals surface area contributed by atoms with Gasteiger partial charge in [0.15, 0.2) is 10.9 Å². The summed E-state index contributed by atoms with van der Waals surface area (Å²) in [6.07, 6.45) is 1.77. The summed E-state index contributed by atoms with van der Waals surface area (Å²) in [6, 6.07) is 3.07. The molecule has 0 saturated carbocycles. The lowest BCUT2D eigenvalue weighted by atomic mass is 10.1. The number of nitrogens with one attached hydrogen (secondary N) is 2. The Kier molecular flexibility index (Phi) is 4.90. The van der Waals surface area contributed by atoms with Crippen molar-refractivity contribution in [3.05, 3.63) is 40.9 Å². The number of hydrogen-bond acceptors (Lipinski definition) is 6. The molecule has 7 nitrogen and oxygen atoms in total. The fourth-order valence-corrected chi connectivity index (χ4v) is 4.09.